The summed E-state index contributed by atoms with van der Waals surface area (Å²) in [7, 11) is 0. The second-order valence-electron chi connectivity index (χ2n) is 4.66. The molecule has 0 saturated carbocycles. The molecule has 0 atom stereocenters. The van der Waals surface area contributed by atoms with Gasteiger partial charge >= 0.3 is 0 Å². The number of carbonyl (C=O) groups excluding carboxylic acids is 1. The Morgan fingerprint density at radius 3 is 2.68 bits per heavy atom. The van der Waals surface area contributed by atoms with Crippen LogP contribution in [0.2, 0.25) is 0 Å². The van der Waals surface area contributed by atoms with Gasteiger partial charge in [0, 0.05) is 19.0 Å². The minimum Gasteiger partial charge on any atom is -0.409 e. The number of oxime groups is 1. The molecule has 1 saturated heterocycles. The molecule has 0 aliphatic carbocycles. The van der Waals surface area contributed by atoms with E-state index >= 15 is 0 Å². The number of nitrogens with zero attached hydrogens (tertiary/aromatic N) is 2. The Hall–Kier alpha value is -1.08. The van der Waals surface area contributed by atoms with Crippen molar-refractivity contribution in [2.45, 2.75) is 19.8 Å². The first-order valence-electron chi connectivity index (χ1n) is 6.05. The van der Waals surface area contributed by atoms with Crippen molar-refractivity contribution in [3.05, 3.63) is 20.3 Å². The number of likely N-dealkylation sites (tertiary alicyclic amines) is 1. The van der Waals surface area contributed by atoms with Gasteiger partial charge in [-0.25, -0.2) is 0 Å². The van der Waals surface area contributed by atoms with Gasteiger partial charge in [-0.15, -0.1) is 11.3 Å². The summed E-state index contributed by atoms with van der Waals surface area (Å²) in [6.07, 6.45) is 1.49. The SMILES string of the molecule is Cc1cc(C(=O)N2CCC(C(N)=NO)CC2)sc1Br. The first-order chi connectivity index (χ1) is 9.02. The molecule has 7 heteroatoms. The lowest BCUT2D eigenvalue weighted by molar-refractivity contribution is 0.0714. The summed E-state index contributed by atoms with van der Waals surface area (Å²) in [5, 5.41) is 11.7. The lowest BCUT2D eigenvalue weighted by atomic mass is 9.96. The minimum absolute atomic E-state index is 0.0664. The van der Waals surface area contributed by atoms with Crippen LogP contribution in [0, 0.1) is 12.8 Å². The van der Waals surface area contributed by atoms with Gasteiger partial charge in [0.25, 0.3) is 5.91 Å². The van der Waals surface area contributed by atoms with Crippen LogP contribution >= 0.6 is 27.3 Å². The summed E-state index contributed by atoms with van der Waals surface area (Å²) in [6.45, 7) is 3.27. The Morgan fingerprint density at radius 1 is 1.58 bits per heavy atom. The molecule has 2 heterocycles. The van der Waals surface area contributed by atoms with E-state index in [1.165, 1.54) is 11.3 Å². The van der Waals surface area contributed by atoms with Crippen molar-refractivity contribution in [3.63, 3.8) is 0 Å². The molecule has 104 valence electrons. The molecule has 1 aliphatic rings. The van der Waals surface area contributed by atoms with Crippen LogP contribution in [0.15, 0.2) is 15.0 Å². The van der Waals surface area contributed by atoms with Crippen molar-refractivity contribution >= 4 is 39.0 Å². The van der Waals surface area contributed by atoms with Crippen molar-refractivity contribution in [1.82, 2.24) is 4.90 Å². The summed E-state index contributed by atoms with van der Waals surface area (Å²) >= 11 is 4.90. The second-order valence-corrected chi connectivity index (χ2v) is 7.03. The Bertz CT molecular complexity index is 488. The van der Waals surface area contributed by atoms with Crippen LogP contribution in [-0.2, 0) is 0 Å². The first-order valence-corrected chi connectivity index (χ1v) is 7.66. The first kappa shape index (κ1) is 14.3. The Morgan fingerprint density at radius 2 is 2.21 bits per heavy atom. The fourth-order valence-corrected chi connectivity index (χ4v) is 3.68. The smallest absolute Gasteiger partial charge is 0.263 e. The van der Waals surface area contributed by atoms with Gasteiger partial charge in [-0.3, -0.25) is 4.79 Å². The highest BCUT2D eigenvalue weighted by molar-refractivity contribution is 9.11. The predicted molar refractivity (Wildman–Crippen MR) is 78.8 cm³/mol. The minimum atomic E-state index is 0.0664. The number of halogens is 1. The maximum atomic E-state index is 12.3. The topological polar surface area (TPSA) is 78.9 Å². The number of piperidine rings is 1. The van der Waals surface area contributed by atoms with Crippen LogP contribution in [0.5, 0.6) is 0 Å². The van der Waals surface area contributed by atoms with E-state index in [0.717, 1.165) is 27.1 Å². The highest BCUT2D eigenvalue weighted by atomic mass is 79.9. The third kappa shape index (κ3) is 3.09. The molecular weight excluding hydrogens is 330 g/mol. The number of hydrogen-bond donors (Lipinski definition) is 2. The van der Waals surface area contributed by atoms with E-state index in [1.54, 1.807) is 0 Å². The Kier molecular flexibility index (Phi) is 4.46. The normalized spacial score (nSPS) is 17.8. The van der Waals surface area contributed by atoms with Crippen molar-refractivity contribution in [2.75, 3.05) is 13.1 Å². The van der Waals surface area contributed by atoms with E-state index in [-0.39, 0.29) is 17.7 Å². The van der Waals surface area contributed by atoms with Gasteiger partial charge in [0.05, 0.1) is 8.66 Å². The number of carbonyl (C=O) groups is 1. The van der Waals surface area contributed by atoms with Gasteiger partial charge in [-0.2, -0.15) is 0 Å². The van der Waals surface area contributed by atoms with E-state index in [4.69, 9.17) is 10.9 Å². The fraction of sp³-hybridized carbons (Fsp3) is 0.500. The Balaban J connectivity index is 2.00. The van der Waals surface area contributed by atoms with Gasteiger partial charge in [0.2, 0.25) is 0 Å². The second kappa shape index (κ2) is 5.92. The molecule has 19 heavy (non-hydrogen) atoms. The van der Waals surface area contributed by atoms with Crippen LogP contribution in [0.3, 0.4) is 0 Å². The molecule has 2 rings (SSSR count). The van der Waals surface area contributed by atoms with Crippen LogP contribution in [-0.4, -0.2) is 34.9 Å². The molecule has 3 N–H and O–H groups in total. The molecule has 1 fully saturated rings. The largest absolute Gasteiger partial charge is 0.409 e. The quantitative estimate of drug-likeness (QED) is 0.374. The molecule has 0 bridgehead atoms. The molecule has 1 amide bonds. The molecule has 0 aromatic carbocycles. The van der Waals surface area contributed by atoms with Crippen LogP contribution in [0.1, 0.15) is 28.1 Å². The van der Waals surface area contributed by atoms with E-state index in [2.05, 4.69) is 21.1 Å². The number of amidine groups is 1. The van der Waals surface area contributed by atoms with Gasteiger partial charge in [0.15, 0.2) is 0 Å². The molecule has 0 radical (unpaired) electrons. The highest BCUT2D eigenvalue weighted by Crippen LogP contribution is 2.29. The van der Waals surface area contributed by atoms with Crippen molar-refractivity contribution in [3.8, 4) is 0 Å². The van der Waals surface area contributed by atoms with Crippen molar-refractivity contribution in [2.24, 2.45) is 16.8 Å². The lowest BCUT2D eigenvalue weighted by Crippen LogP contribution is -2.41. The third-order valence-electron chi connectivity index (χ3n) is 3.38. The van der Waals surface area contributed by atoms with Gasteiger partial charge < -0.3 is 15.8 Å². The average Bonchev–Trinajstić information content (AvgIpc) is 2.77. The summed E-state index contributed by atoms with van der Waals surface area (Å²) in [4.78, 5) is 14.9. The molecule has 1 aromatic heterocycles. The zero-order chi connectivity index (χ0) is 14.0. The predicted octanol–water partition coefficient (Wildman–Crippen LogP) is 2.42. The average molecular weight is 346 g/mol. The molecule has 5 nitrogen and oxygen atoms in total. The van der Waals surface area contributed by atoms with E-state index < -0.39 is 0 Å². The number of amides is 1. The fourth-order valence-electron chi connectivity index (χ4n) is 2.18. The molecule has 1 aliphatic heterocycles. The Labute approximate surface area is 124 Å². The third-order valence-corrected chi connectivity index (χ3v) is 5.51. The van der Waals surface area contributed by atoms with Crippen molar-refractivity contribution in [1.29, 1.82) is 0 Å². The molecule has 0 spiro atoms. The standard InChI is InChI=1S/C12H16BrN3O2S/c1-7-6-9(19-10(7)13)12(17)16-4-2-8(3-5-16)11(14)15-18/h6,8,18H,2-5H2,1H3,(H2,14,15). The summed E-state index contributed by atoms with van der Waals surface area (Å²) in [6, 6.07) is 1.91. The maximum Gasteiger partial charge on any atom is 0.263 e. The zero-order valence-electron chi connectivity index (χ0n) is 10.6. The number of thiophene rings is 1. The van der Waals surface area contributed by atoms with E-state index in [0.29, 0.717) is 13.1 Å². The summed E-state index contributed by atoms with van der Waals surface area (Å²) < 4.78 is 1.00. The summed E-state index contributed by atoms with van der Waals surface area (Å²) in [5.41, 5.74) is 6.68. The lowest BCUT2D eigenvalue weighted by Gasteiger charge is -2.31. The zero-order valence-corrected chi connectivity index (χ0v) is 13.0. The summed E-state index contributed by atoms with van der Waals surface area (Å²) in [5.74, 6) is 0.407. The van der Waals surface area contributed by atoms with E-state index in [1.807, 2.05) is 17.9 Å². The number of nitrogens with two attached hydrogens (primary N) is 1. The van der Waals surface area contributed by atoms with Gasteiger partial charge in [0.1, 0.15) is 5.84 Å². The monoisotopic (exact) mass is 345 g/mol. The highest BCUT2D eigenvalue weighted by Gasteiger charge is 2.26. The molecule has 1 aromatic rings. The van der Waals surface area contributed by atoms with Gasteiger partial charge in [-0.1, -0.05) is 5.16 Å². The van der Waals surface area contributed by atoms with Crippen LogP contribution < -0.4 is 5.73 Å². The van der Waals surface area contributed by atoms with E-state index in [9.17, 15) is 4.79 Å². The van der Waals surface area contributed by atoms with Crippen molar-refractivity contribution < 1.29 is 10.0 Å². The maximum absolute atomic E-state index is 12.3. The number of rotatable bonds is 2. The van der Waals surface area contributed by atoms with Crippen LogP contribution in [0.25, 0.3) is 0 Å². The molecule has 0 unspecified atom stereocenters. The molecular formula is C12H16BrN3O2S. The van der Waals surface area contributed by atoms with Gasteiger partial charge in [-0.05, 0) is 47.3 Å². The number of hydrogen-bond acceptors (Lipinski definition) is 4. The number of aryl methyl sites for hydroxylation is 1. The van der Waals surface area contributed by atoms with Crippen LogP contribution in [0.4, 0.5) is 0 Å².